The highest BCUT2D eigenvalue weighted by Crippen LogP contribution is 2.25. The number of hydrogen-bond donors (Lipinski definition) is 0. The molecular weight excluding hydrogens is 265 g/mol. The van der Waals surface area contributed by atoms with Gasteiger partial charge in [0, 0.05) is 31.7 Å². The summed E-state index contributed by atoms with van der Waals surface area (Å²) >= 11 is 0. The van der Waals surface area contributed by atoms with Crippen molar-refractivity contribution in [3.8, 4) is 6.07 Å². The Balaban J connectivity index is 1.75. The van der Waals surface area contributed by atoms with Crippen molar-refractivity contribution < 1.29 is 4.39 Å². The van der Waals surface area contributed by atoms with Gasteiger partial charge in [0.05, 0.1) is 11.6 Å². The van der Waals surface area contributed by atoms with Crippen LogP contribution in [-0.2, 0) is 6.54 Å². The van der Waals surface area contributed by atoms with Crippen molar-refractivity contribution in [3.63, 3.8) is 0 Å². The molecule has 0 saturated carbocycles. The summed E-state index contributed by atoms with van der Waals surface area (Å²) in [5, 5.41) is 9.19. The number of nitrogens with zero attached hydrogens (tertiary/aromatic N) is 3. The minimum Gasteiger partial charge on any atom is -0.298 e. The maximum Gasteiger partial charge on any atom is 0.123 e. The SMILES string of the molecule is CC1CN2CCCCC2CN1Cc1cc(F)ccc1C#N. The molecule has 0 aromatic heterocycles. The Morgan fingerprint density at radius 2 is 2.19 bits per heavy atom. The molecule has 2 aliphatic rings. The first-order chi connectivity index (χ1) is 10.2. The number of nitriles is 1. The second kappa shape index (κ2) is 6.13. The standard InChI is InChI=1S/C17H22FN3/c1-13-10-20-7-3-2-4-17(20)12-21(13)11-15-8-16(18)6-5-14(15)9-19/h5-6,8,13,17H,2-4,7,10-12H2,1H3. The molecule has 1 aromatic rings. The molecule has 2 unspecified atom stereocenters. The van der Waals surface area contributed by atoms with Gasteiger partial charge in [0.25, 0.3) is 0 Å². The molecule has 21 heavy (non-hydrogen) atoms. The Labute approximate surface area is 126 Å². The minimum absolute atomic E-state index is 0.257. The molecule has 0 aliphatic carbocycles. The average molecular weight is 287 g/mol. The van der Waals surface area contributed by atoms with Crippen LogP contribution in [0.4, 0.5) is 4.39 Å². The fourth-order valence-electron chi connectivity index (χ4n) is 3.65. The molecule has 3 nitrogen and oxygen atoms in total. The van der Waals surface area contributed by atoms with Gasteiger partial charge in [-0.1, -0.05) is 6.42 Å². The second-order valence-corrected chi connectivity index (χ2v) is 6.34. The zero-order chi connectivity index (χ0) is 14.8. The third-order valence-corrected chi connectivity index (χ3v) is 4.88. The molecule has 112 valence electrons. The lowest BCUT2D eigenvalue weighted by Crippen LogP contribution is -2.58. The zero-order valence-corrected chi connectivity index (χ0v) is 12.6. The summed E-state index contributed by atoms with van der Waals surface area (Å²) in [6, 6.07) is 7.73. The Morgan fingerprint density at radius 3 is 3.00 bits per heavy atom. The highest BCUT2D eigenvalue weighted by Gasteiger charge is 2.33. The molecule has 4 heteroatoms. The lowest BCUT2D eigenvalue weighted by Gasteiger charge is -2.47. The van der Waals surface area contributed by atoms with E-state index in [0.29, 0.717) is 24.2 Å². The van der Waals surface area contributed by atoms with Crippen LogP contribution in [0.1, 0.15) is 37.3 Å². The van der Waals surface area contributed by atoms with Gasteiger partial charge in [0.15, 0.2) is 0 Å². The topological polar surface area (TPSA) is 30.3 Å². The Morgan fingerprint density at radius 1 is 1.33 bits per heavy atom. The molecule has 2 heterocycles. The smallest absolute Gasteiger partial charge is 0.123 e. The number of piperidine rings is 1. The number of halogens is 1. The van der Waals surface area contributed by atoms with Crippen LogP contribution < -0.4 is 0 Å². The van der Waals surface area contributed by atoms with Crippen molar-refractivity contribution in [3.05, 3.63) is 35.1 Å². The number of piperazine rings is 1. The molecule has 2 saturated heterocycles. The molecule has 2 fully saturated rings. The van der Waals surface area contributed by atoms with E-state index in [-0.39, 0.29) is 5.82 Å². The molecular formula is C17H22FN3. The van der Waals surface area contributed by atoms with E-state index in [2.05, 4.69) is 22.8 Å². The van der Waals surface area contributed by atoms with Crippen LogP contribution in [0.3, 0.4) is 0 Å². The van der Waals surface area contributed by atoms with Gasteiger partial charge in [-0.2, -0.15) is 5.26 Å². The van der Waals surface area contributed by atoms with Crippen LogP contribution in [-0.4, -0.2) is 41.5 Å². The van der Waals surface area contributed by atoms with E-state index in [9.17, 15) is 9.65 Å². The number of rotatable bonds is 2. The predicted octanol–water partition coefficient (Wildman–Crippen LogP) is 2.76. The molecule has 0 radical (unpaired) electrons. The molecule has 0 bridgehead atoms. The number of benzene rings is 1. The number of fused-ring (bicyclic) bond motifs is 1. The van der Waals surface area contributed by atoms with E-state index in [1.165, 1.54) is 37.9 Å². The fraction of sp³-hybridized carbons (Fsp3) is 0.588. The normalized spacial score (nSPS) is 27.1. The van der Waals surface area contributed by atoms with Crippen LogP contribution in [0.5, 0.6) is 0 Å². The summed E-state index contributed by atoms with van der Waals surface area (Å²) < 4.78 is 13.5. The maximum absolute atomic E-state index is 13.5. The van der Waals surface area contributed by atoms with Crippen LogP contribution in [0, 0.1) is 17.1 Å². The van der Waals surface area contributed by atoms with E-state index < -0.39 is 0 Å². The highest BCUT2D eigenvalue weighted by atomic mass is 19.1. The Hall–Kier alpha value is -1.44. The van der Waals surface area contributed by atoms with Crippen molar-refractivity contribution in [2.24, 2.45) is 0 Å². The van der Waals surface area contributed by atoms with E-state index in [1.807, 2.05) is 0 Å². The van der Waals surface area contributed by atoms with Gasteiger partial charge in [0.2, 0.25) is 0 Å². The van der Waals surface area contributed by atoms with Gasteiger partial charge in [-0.3, -0.25) is 9.80 Å². The van der Waals surface area contributed by atoms with Gasteiger partial charge < -0.3 is 0 Å². The molecule has 0 amide bonds. The van der Waals surface area contributed by atoms with Crippen molar-refractivity contribution in [1.29, 1.82) is 5.26 Å². The molecule has 1 aromatic carbocycles. The number of hydrogen-bond acceptors (Lipinski definition) is 3. The van der Waals surface area contributed by atoms with Gasteiger partial charge in [-0.25, -0.2) is 4.39 Å². The van der Waals surface area contributed by atoms with Crippen LogP contribution >= 0.6 is 0 Å². The lowest BCUT2D eigenvalue weighted by atomic mass is 9.96. The van der Waals surface area contributed by atoms with Gasteiger partial charge >= 0.3 is 0 Å². The van der Waals surface area contributed by atoms with Gasteiger partial charge in [-0.15, -0.1) is 0 Å². The van der Waals surface area contributed by atoms with Crippen molar-refractivity contribution in [2.75, 3.05) is 19.6 Å². The molecule has 2 aliphatic heterocycles. The first-order valence-corrected chi connectivity index (χ1v) is 7.84. The van der Waals surface area contributed by atoms with E-state index in [1.54, 1.807) is 6.07 Å². The van der Waals surface area contributed by atoms with Crippen molar-refractivity contribution in [1.82, 2.24) is 9.80 Å². The monoisotopic (exact) mass is 287 g/mol. The molecule has 2 atom stereocenters. The maximum atomic E-state index is 13.5. The summed E-state index contributed by atoms with van der Waals surface area (Å²) in [4.78, 5) is 5.00. The van der Waals surface area contributed by atoms with Gasteiger partial charge in [-0.05, 0) is 50.1 Å². The Bertz CT molecular complexity index is 551. The highest BCUT2D eigenvalue weighted by molar-refractivity contribution is 5.37. The summed E-state index contributed by atoms with van der Waals surface area (Å²) in [6.45, 7) is 6.24. The van der Waals surface area contributed by atoms with Crippen LogP contribution in [0.2, 0.25) is 0 Å². The average Bonchev–Trinajstić information content (AvgIpc) is 2.48. The van der Waals surface area contributed by atoms with E-state index in [4.69, 9.17) is 0 Å². The summed E-state index contributed by atoms with van der Waals surface area (Å²) in [5.41, 5.74) is 1.41. The van der Waals surface area contributed by atoms with Gasteiger partial charge in [0.1, 0.15) is 5.82 Å². The second-order valence-electron chi connectivity index (χ2n) is 6.34. The summed E-state index contributed by atoms with van der Waals surface area (Å²) in [7, 11) is 0. The van der Waals surface area contributed by atoms with Crippen LogP contribution in [0.25, 0.3) is 0 Å². The predicted molar refractivity (Wildman–Crippen MR) is 80.2 cm³/mol. The largest absolute Gasteiger partial charge is 0.298 e. The first-order valence-electron chi connectivity index (χ1n) is 7.84. The zero-order valence-electron chi connectivity index (χ0n) is 12.6. The Kier molecular flexibility index (Phi) is 4.23. The molecule has 0 N–H and O–H groups in total. The van der Waals surface area contributed by atoms with Crippen molar-refractivity contribution >= 4 is 0 Å². The summed E-state index contributed by atoms with van der Waals surface area (Å²) in [5.74, 6) is -0.257. The van der Waals surface area contributed by atoms with E-state index in [0.717, 1.165) is 18.7 Å². The van der Waals surface area contributed by atoms with E-state index >= 15 is 0 Å². The third kappa shape index (κ3) is 3.09. The fourth-order valence-corrected chi connectivity index (χ4v) is 3.65. The molecule has 0 spiro atoms. The third-order valence-electron chi connectivity index (χ3n) is 4.88. The lowest BCUT2D eigenvalue weighted by molar-refractivity contribution is 0.0110. The minimum atomic E-state index is -0.257. The van der Waals surface area contributed by atoms with Crippen LogP contribution in [0.15, 0.2) is 18.2 Å². The van der Waals surface area contributed by atoms with Crippen molar-refractivity contribution in [2.45, 2.75) is 44.8 Å². The first kappa shape index (κ1) is 14.5. The quantitative estimate of drug-likeness (QED) is 0.838. The molecule has 3 rings (SSSR count). The summed E-state index contributed by atoms with van der Waals surface area (Å²) in [6.07, 6.45) is 3.88.